The van der Waals surface area contributed by atoms with Gasteiger partial charge in [-0.2, -0.15) is 0 Å². The van der Waals surface area contributed by atoms with Gasteiger partial charge in [-0.25, -0.2) is 0 Å². The Balaban J connectivity index is 0.00000182. The van der Waals surface area contributed by atoms with E-state index in [1.54, 1.807) is 0 Å². The van der Waals surface area contributed by atoms with Crippen LogP contribution in [0, 0.1) is 0 Å². The van der Waals surface area contributed by atoms with Crippen molar-refractivity contribution in [2.75, 3.05) is 26.2 Å². The van der Waals surface area contributed by atoms with Gasteiger partial charge in [-0.05, 0) is 30.9 Å². The van der Waals surface area contributed by atoms with Crippen LogP contribution in [0.5, 0.6) is 0 Å². The fourth-order valence-corrected chi connectivity index (χ4v) is 3.52. The van der Waals surface area contributed by atoms with Crippen molar-refractivity contribution in [3.8, 4) is 0 Å². The minimum atomic E-state index is -0.288. The number of hydrogen-bond donors (Lipinski definition) is 3. The molecule has 3 rings (SSSR count). The van der Waals surface area contributed by atoms with Crippen LogP contribution in [0.2, 0.25) is 0 Å². The van der Waals surface area contributed by atoms with E-state index in [0.29, 0.717) is 19.7 Å². The third-order valence-corrected chi connectivity index (χ3v) is 5.12. The first-order chi connectivity index (χ1) is 12.1. The molecule has 2 saturated heterocycles. The number of ether oxygens (including phenoxy) is 1. The molecule has 0 unspecified atom stereocenters. The first kappa shape index (κ1) is 24.1. The summed E-state index contributed by atoms with van der Waals surface area (Å²) in [6, 6.07) is 7.96. The Bertz CT molecular complexity index is 583. The Morgan fingerprint density at radius 3 is 2.59 bits per heavy atom. The molecule has 0 aliphatic carbocycles. The van der Waals surface area contributed by atoms with Crippen LogP contribution in [0.4, 0.5) is 0 Å². The second-order valence-corrected chi connectivity index (χ2v) is 7.00. The van der Waals surface area contributed by atoms with Crippen LogP contribution in [0.1, 0.15) is 30.9 Å². The normalized spacial score (nSPS) is 23.8. The average molecular weight is 420 g/mol. The van der Waals surface area contributed by atoms with Crippen LogP contribution in [0.15, 0.2) is 24.3 Å². The lowest BCUT2D eigenvalue weighted by Crippen LogP contribution is -2.55. The Hall–Kier alpha value is -0.890. The lowest BCUT2D eigenvalue weighted by Gasteiger charge is -2.30. The summed E-state index contributed by atoms with van der Waals surface area (Å²) >= 11 is 0. The molecule has 27 heavy (non-hydrogen) atoms. The van der Waals surface area contributed by atoms with Crippen LogP contribution in [0.3, 0.4) is 0 Å². The number of rotatable bonds is 5. The number of halogens is 2. The predicted octanol–water partition coefficient (Wildman–Crippen LogP) is 1.48. The number of nitrogens with one attached hydrogen (secondary N) is 2. The number of morpholine rings is 1. The van der Waals surface area contributed by atoms with Crippen molar-refractivity contribution in [1.82, 2.24) is 15.5 Å². The highest BCUT2D eigenvalue weighted by Crippen LogP contribution is 2.16. The first-order valence-electron chi connectivity index (χ1n) is 9.23. The molecule has 0 saturated carbocycles. The van der Waals surface area contributed by atoms with Gasteiger partial charge in [0.05, 0.1) is 18.8 Å². The number of aliphatic hydroxyl groups excluding tert-OH is 1. The van der Waals surface area contributed by atoms with E-state index in [4.69, 9.17) is 4.74 Å². The zero-order chi connectivity index (χ0) is 17.6. The summed E-state index contributed by atoms with van der Waals surface area (Å²) in [7, 11) is 0. The summed E-state index contributed by atoms with van der Waals surface area (Å²) in [5.74, 6) is -0.0110. The molecule has 1 aromatic carbocycles. The fourth-order valence-electron chi connectivity index (χ4n) is 3.52. The SMILES string of the molecule is C[C@H]1OCCN[C@@H]1C(=O)NCc1ccccc1CN1CCC(O)CC1.Cl.Cl. The molecule has 0 spiro atoms. The van der Waals surface area contributed by atoms with Gasteiger partial charge in [-0.3, -0.25) is 9.69 Å². The smallest absolute Gasteiger partial charge is 0.240 e. The standard InChI is InChI=1S/C19H29N3O3.2ClH/c1-14-18(20-8-11-25-14)19(24)21-12-15-4-2-3-5-16(15)13-22-9-6-17(23)7-10-22;;/h2-5,14,17-18,20,23H,6-13H2,1H3,(H,21,24);2*1H/t14-,18+;;/m1../s1. The third-order valence-electron chi connectivity index (χ3n) is 5.12. The fraction of sp³-hybridized carbons (Fsp3) is 0.632. The molecule has 6 nitrogen and oxygen atoms in total. The van der Waals surface area contributed by atoms with E-state index >= 15 is 0 Å². The molecular weight excluding hydrogens is 389 g/mol. The molecular formula is C19H31Cl2N3O3. The van der Waals surface area contributed by atoms with Gasteiger partial charge in [0, 0.05) is 32.7 Å². The van der Waals surface area contributed by atoms with Crippen molar-refractivity contribution in [2.45, 2.75) is 51.1 Å². The molecule has 0 radical (unpaired) electrons. The summed E-state index contributed by atoms with van der Waals surface area (Å²) in [6.45, 7) is 6.51. The number of likely N-dealkylation sites (tertiary alicyclic amines) is 1. The van der Waals surface area contributed by atoms with E-state index in [2.05, 4.69) is 27.7 Å². The van der Waals surface area contributed by atoms with E-state index in [9.17, 15) is 9.90 Å². The van der Waals surface area contributed by atoms with E-state index in [0.717, 1.165) is 38.0 Å². The highest BCUT2D eigenvalue weighted by molar-refractivity contribution is 5.85. The van der Waals surface area contributed by atoms with Crippen molar-refractivity contribution in [2.24, 2.45) is 0 Å². The molecule has 8 heteroatoms. The number of amides is 1. The number of carbonyl (C=O) groups is 1. The van der Waals surface area contributed by atoms with Crippen LogP contribution >= 0.6 is 24.8 Å². The monoisotopic (exact) mass is 419 g/mol. The average Bonchev–Trinajstić information content (AvgIpc) is 2.63. The van der Waals surface area contributed by atoms with Gasteiger partial charge in [0.1, 0.15) is 6.04 Å². The highest BCUT2D eigenvalue weighted by atomic mass is 35.5. The van der Waals surface area contributed by atoms with Gasteiger partial charge in [0.2, 0.25) is 5.91 Å². The summed E-state index contributed by atoms with van der Waals surface area (Å²) in [6.07, 6.45) is 1.41. The highest BCUT2D eigenvalue weighted by Gasteiger charge is 2.28. The molecule has 1 aromatic rings. The van der Waals surface area contributed by atoms with Crippen LogP contribution in [-0.4, -0.2) is 60.4 Å². The van der Waals surface area contributed by atoms with E-state index in [-0.39, 0.29) is 49.0 Å². The topological polar surface area (TPSA) is 73.8 Å². The maximum Gasteiger partial charge on any atom is 0.240 e. The van der Waals surface area contributed by atoms with Gasteiger partial charge < -0.3 is 20.5 Å². The van der Waals surface area contributed by atoms with Gasteiger partial charge in [-0.15, -0.1) is 24.8 Å². The van der Waals surface area contributed by atoms with Crippen molar-refractivity contribution in [3.05, 3.63) is 35.4 Å². The van der Waals surface area contributed by atoms with Crippen molar-refractivity contribution in [3.63, 3.8) is 0 Å². The Kier molecular flexibility index (Phi) is 10.6. The van der Waals surface area contributed by atoms with Crippen LogP contribution in [-0.2, 0) is 22.6 Å². The van der Waals surface area contributed by atoms with Gasteiger partial charge in [0.15, 0.2) is 0 Å². The number of piperidine rings is 1. The zero-order valence-corrected chi connectivity index (χ0v) is 17.4. The number of carbonyl (C=O) groups excluding carboxylic acids is 1. The Labute approximate surface area is 173 Å². The minimum Gasteiger partial charge on any atom is -0.393 e. The minimum absolute atomic E-state index is 0. The van der Waals surface area contributed by atoms with Gasteiger partial charge >= 0.3 is 0 Å². The van der Waals surface area contributed by atoms with E-state index < -0.39 is 0 Å². The maximum absolute atomic E-state index is 12.4. The number of hydrogen-bond acceptors (Lipinski definition) is 5. The van der Waals surface area contributed by atoms with E-state index in [1.807, 2.05) is 19.1 Å². The zero-order valence-electron chi connectivity index (χ0n) is 15.7. The molecule has 3 N–H and O–H groups in total. The lowest BCUT2D eigenvalue weighted by atomic mass is 10.0. The Morgan fingerprint density at radius 2 is 1.93 bits per heavy atom. The number of benzene rings is 1. The van der Waals surface area contributed by atoms with Crippen molar-refractivity contribution >= 4 is 30.7 Å². The van der Waals surface area contributed by atoms with Gasteiger partial charge in [-0.1, -0.05) is 24.3 Å². The molecule has 2 atom stereocenters. The second-order valence-electron chi connectivity index (χ2n) is 7.00. The van der Waals surface area contributed by atoms with Gasteiger partial charge in [0.25, 0.3) is 0 Å². The summed E-state index contributed by atoms with van der Waals surface area (Å²) in [5.41, 5.74) is 2.38. The molecule has 2 aliphatic rings. The maximum atomic E-state index is 12.4. The van der Waals surface area contributed by atoms with Crippen LogP contribution in [0.25, 0.3) is 0 Å². The number of nitrogens with zero attached hydrogens (tertiary/aromatic N) is 1. The molecule has 2 aliphatic heterocycles. The second kappa shape index (κ2) is 11.8. The molecule has 2 heterocycles. The van der Waals surface area contributed by atoms with Crippen molar-refractivity contribution in [1.29, 1.82) is 0 Å². The largest absolute Gasteiger partial charge is 0.393 e. The summed E-state index contributed by atoms with van der Waals surface area (Å²) in [5, 5.41) is 15.9. The van der Waals surface area contributed by atoms with E-state index in [1.165, 1.54) is 5.56 Å². The quantitative estimate of drug-likeness (QED) is 0.673. The first-order valence-corrected chi connectivity index (χ1v) is 9.23. The summed E-state index contributed by atoms with van der Waals surface area (Å²) in [4.78, 5) is 14.8. The molecule has 2 fully saturated rings. The molecule has 154 valence electrons. The summed E-state index contributed by atoms with van der Waals surface area (Å²) < 4.78 is 5.55. The molecule has 1 amide bonds. The van der Waals surface area contributed by atoms with Crippen molar-refractivity contribution < 1.29 is 14.6 Å². The third kappa shape index (κ3) is 6.89. The lowest BCUT2D eigenvalue weighted by molar-refractivity contribution is -0.129. The Morgan fingerprint density at radius 1 is 1.26 bits per heavy atom. The molecule has 0 aromatic heterocycles. The predicted molar refractivity (Wildman–Crippen MR) is 111 cm³/mol. The van der Waals surface area contributed by atoms with Crippen LogP contribution < -0.4 is 10.6 Å². The number of aliphatic hydroxyl groups is 1. The molecule has 0 bridgehead atoms.